The summed E-state index contributed by atoms with van der Waals surface area (Å²) < 4.78 is 18.7. The Kier molecular flexibility index (Phi) is 5.57. The molecule has 2 aromatic carbocycles. The minimum absolute atomic E-state index is 0.176. The number of benzene rings is 2. The van der Waals surface area contributed by atoms with E-state index in [0.717, 1.165) is 5.56 Å². The molecule has 0 bridgehead atoms. The third-order valence-corrected chi connectivity index (χ3v) is 3.35. The smallest absolute Gasteiger partial charge is 0.253 e. The van der Waals surface area contributed by atoms with Gasteiger partial charge in [0.25, 0.3) is 5.91 Å². The van der Waals surface area contributed by atoms with Gasteiger partial charge in [0.15, 0.2) is 0 Å². The number of carbonyl (C=O) groups excluding carboxylic acids is 1. The molecule has 0 fully saturated rings. The maximum atomic E-state index is 13.1. The number of hydrogen-bond donors (Lipinski definition) is 1. The monoisotopic (exact) mass is 331 g/mol. The molecule has 0 heterocycles. The van der Waals surface area contributed by atoms with E-state index in [1.807, 2.05) is 6.07 Å². The molecular weight excluding hydrogens is 309 g/mol. The number of aliphatic hydroxyl groups is 1. The van der Waals surface area contributed by atoms with Gasteiger partial charge >= 0.3 is 0 Å². The SMILES string of the molecule is CN(CC(C)(C)O)C(=O)c1cccc(COc2cccc(F)c2)c1. The van der Waals surface area contributed by atoms with E-state index < -0.39 is 5.60 Å². The predicted molar refractivity (Wildman–Crippen MR) is 90.4 cm³/mol. The van der Waals surface area contributed by atoms with E-state index in [0.29, 0.717) is 11.3 Å². The van der Waals surface area contributed by atoms with Crippen molar-refractivity contribution in [2.24, 2.45) is 0 Å². The summed E-state index contributed by atoms with van der Waals surface area (Å²) in [6.07, 6.45) is 0. The standard InChI is InChI=1S/C19H22FNO3/c1-19(2,23)13-21(3)18(22)15-7-4-6-14(10-15)12-24-17-9-5-8-16(20)11-17/h4-11,23H,12-13H2,1-3H3. The van der Waals surface area contributed by atoms with Gasteiger partial charge in [0.1, 0.15) is 18.2 Å². The molecular formula is C19H22FNO3. The van der Waals surface area contributed by atoms with E-state index in [4.69, 9.17) is 4.74 Å². The molecule has 128 valence electrons. The zero-order valence-corrected chi connectivity index (χ0v) is 14.1. The number of halogens is 1. The molecule has 5 heteroatoms. The van der Waals surface area contributed by atoms with Crippen LogP contribution in [0, 0.1) is 5.82 Å². The lowest BCUT2D eigenvalue weighted by Gasteiger charge is -2.25. The Labute approximate surface area is 141 Å². The summed E-state index contributed by atoms with van der Waals surface area (Å²) in [6, 6.07) is 13.0. The molecule has 0 atom stereocenters. The minimum atomic E-state index is -0.956. The fourth-order valence-corrected chi connectivity index (χ4v) is 2.39. The maximum Gasteiger partial charge on any atom is 0.253 e. The number of likely N-dealkylation sites (N-methyl/N-ethyl adjacent to an activating group) is 1. The highest BCUT2D eigenvalue weighted by atomic mass is 19.1. The van der Waals surface area contributed by atoms with Crippen molar-refractivity contribution in [2.75, 3.05) is 13.6 Å². The second-order valence-electron chi connectivity index (χ2n) is 6.42. The summed E-state index contributed by atoms with van der Waals surface area (Å²) in [5, 5.41) is 9.83. The number of rotatable bonds is 6. The van der Waals surface area contributed by atoms with E-state index in [2.05, 4.69) is 0 Å². The van der Waals surface area contributed by atoms with Crippen LogP contribution in [0.15, 0.2) is 48.5 Å². The van der Waals surface area contributed by atoms with Crippen LogP contribution in [-0.4, -0.2) is 35.1 Å². The Morgan fingerprint density at radius 1 is 1.21 bits per heavy atom. The van der Waals surface area contributed by atoms with Crippen LogP contribution < -0.4 is 4.74 Å². The third kappa shape index (κ3) is 5.35. The first kappa shape index (κ1) is 17.9. The quantitative estimate of drug-likeness (QED) is 0.884. The molecule has 2 aromatic rings. The molecule has 1 N–H and O–H groups in total. The summed E-state index contributed by atoms with van der Waals surface area (Å²) >= 11 is 0. The lowest BCUT2D eigenvalue weighted by molar-refractivity contribution is 0.0368. The van der Waals surface area contributed by atoms with Crippen LogP contribution in [0.2, 0.25) is 0 Å². The Bertz CT molecular complexity index is 710. The van der Waals surface area contributed by atoms with Crippen molar-refractivity contribution in [3.05, 3.63) is 65.5 Å². The molecule has 2 rings (SSSR count). The zero-order chi connectivity index (χ0) is 17.7. The Morgan fingerprint density at radius 2 is 1.92 bits per heavy atom. The summed E-state index contributed by atoms with van der Waals surface area (Å²) in [5.41, 5.74) is 0.367. The van der Waals surface area contributed by atoms with Crippen LogP contribution >= 0.6 is 0 Å². The zero-order valence-electron chi connectivity index (χ0n) is 14.1. The molecule has 0 radical (unpaired) electrons. The van der Waals surface area contributed by atoms with Gasteiger partial charge in [-0.3, -0.25) is 4.79 Å². The first-order chi connectivity index (χ1) is 11.2. The Hall–Kier alpha value is -2.40. The van der Waals surface area contributed by atoms with Gasteiger partial charge in [-0.05, 0) is 43.7 Å². The molecule has 1 amide bonds. The molecule has 4 nitrogen and oxygen atoms in total. The molecule has 24 heavy (non-hydrogen) atoms. The molecule has 0 aromatic heterocycles. The summed E-state index contributed by atoms with van der Waals surface area (Å²) in [4.78, 5) is 13.9. The van der Waals surface area contributed by atoms with Gasteiger partial charge in [-0.25, -0.2) is 4.39 Å². The fraction of sp³-hybridized carbons (Fsp3) is 0.316. The molecule has 0 saturated carbocycles. The third-order valence-electron chi connectivity index (χ3n) is 3.35. The van der Waals surface area contributed by atoms with Crippen LogP contribution in [0.4, 0.5) is 4.39 Å². The van der Waals surface area contributed by atoms with Gasteiger partial charge in [-0.2, -0.15) is 0 Å². The number of carbonyl (C=O) groups is 1. The van der Waals surface area contributed by atoms with Crippen LogP contribution in [0.5, 0.6) is 5.75 Å². The summed E-state index contributed by atoms with van der Waals surface area (Å²) in [7, 11) is 1.65. The number of hydrogen-bond acceptors (Lipinski definition) is 3. The van der Waals surface area contributed by atoms with Crippen molar-refractivity contribution >= 4 is 5.91 Å². The normalized spacial score (nSPS) is 11.2. The molecule has 0 spiro atoms. The summed E-state index contributed by atoms with van der Waals surface area (Å²) in [5.74, 6) is -0.0970. The first-order valence-corrected chi connectivity index (χ1v) is 7.70. The largest absolute Gasteiger partial charge is 0.489 e. The lowest BCUT2D eigenvalue weighted by Crippen LogP contribution is -2.39. The van der Waals surface area contributed by atoms with Crippen LogP contribution in [-0.2, 0) is 6.61 Å². The van der Waals surface area contributed by atoms with E-state index in [-0.39, 0.29) is 24.9 Å². The van der Waals surface area contributed by atoms with E-state index in [9.17, 15) is 14.3 Å². The van der Waals surface area contributed by atoms with Crippen LogP contribution in [0.3, 0.4) is 0 Å². The minimum Gasteiger partial charge on any atom is -0.489 e. The maximum absolute atomic E-state index is 13.1. The van der Waals surface area contributed by atoms with Crippen molar-refractivity contribution in [1.29, 1.82) is 0 Å². The molecule has 0 aliphatic rings. The van der Waals surface area contributed by atoms with Crippen LogP contribution in [0.25, 0.3) is 0 Å². The van der Waals surface area contributed by atoms with Gasteiger partial charge in [0, 0.05) is 25.2 Å². The number of amides is 1. The van der Waals surface area contributed by atoms with Gasteiger partial charge in [0.05, 0.1) is 5.60 Å². The van der Waals surface area contributed by atoms with E-state index >= 15 is 0 Å². The number of ether oxygens (including phenoxy) is 1. The average molecular weight is 331 g/mol. The molecule has 0 unspecified atom stereocenters. The average Bonchev–Trinajstić information content (AvgIpc) is 2.51. The van der Waals surface area contributed by atoms with Crippen molar-refractivity contribution < 1.29 is 19.0 Å². The van der Waals surface area contributed by atoms with Crippen molar-refractivity contribution in [2.45, 2.75) is 26.1 Å². The molecule has 0 aliphatic heterocycles. The van der Waals surface area contributed by atoms with E-state index in [1.165, 1.54) is 17.0 Å². The van der Waals surface area contributed by atoms with Gasteiger partial charge in [-0.1, -0.05) is 18.2 Å². The first-order valence-electron chi connectivity index (χ1n) is 7.70. The summed E-state index contributed by atoms with van der Waals surface area (Å²) in [6.45, 7) is 3.77. The topological polar surface area (TPSA) is 49.8 Å². The second-order valence-corrected chi connectivity index (χ2v) is 6.42. The van der Waals surface area contributed by atoms with E-state index in [1.54, 1.807) is 51.2 Å². The van der Waals surface area contributed by atoms with Crippen molar-refractivity contribution in [1.82, 2.24) is 4.90 Å². The number of nitrogens with zero attached hydrogens (tertiary/aromatic N) is 1. The molecule has 0 aliphatic carbocycles. The van der Waals surface area contributed by atoms with Gasteiger partial charge < -0.3 is 14.7 Å². The highest BCUT2D eigenvalue weighted by Gasteiger charge is 2.20. The van der Waals surface area contributed by atoms with Gasteiger partial charge in [0.2, 0.25) is 0 Å². The van der Waals surface area contributed by atoms with Gasteiger partial charge in [-0.15, -0.1) is 0 Å². The van der Waals surface area contributed by atoms with Crippen LogP contribution in [0.1, 0.15) is 29.8 Å². The highest BCUT2D eigenvalue weighted by molar-refractivity contribution is 5.94. The Balaban J connectivity index is 2.04. The predicted octanol–water partition coefficient (Wildman–Crippen LogP) is 3.25. The highest BCUT2D eigenvalue weighted by Crippen LogP contribution is 2.16. The fourth-order valence-electron chi connectivity index (χ4n) is 2.39. The van der Waals surface area contributed by atoms with Crippen molar-refractivity contribution in [3.63, 3.8) is 0 Å². The van der Waals surface area contributed by atoms with Crippen molar-refractivity contribution in [3.8, 4) is 5.75 Å². The molecule has 0 saturated heterocycles. The lowest BCUT2D eigenvalue weighted by atomic mass is 10.1. The Morgan fingerprint density at radius 3 is 2.58 bits per heavy atom. The second kappa shape index (κ2) is 7.45.